The zero-order chi connectivity index (χ0) is 21.3. The van der Waals surface area contributed by atoms with E-state index in [9.17, 15) is 9.59 Å². The van der Waals surface area contributed by atoms with Crippen LogP contribution in [0.1, 0.15) is 55.9 Å². The molecule has 2 atom stereocenters. The molecule has 0 radical (unpaired) electrons. The number of H-pyrrole nitrogens is 1. The van der Waals surface area contributed by atoms with Crippen LogP contribution >= 0.6 is 0 Å². The molecule has 7 heteroatoms. The van der Waals surface area contributed by atoms with Crippen molar-refractivity contribution in [2.45, 2.75) is 57.5 Å². The summed E-state index contributed by atoms with van der Waals surface area (Å²) < 4.78 is 5.41. The van der Waals surface area contributed by atoms with E-state index >= 15 is 0 Å². The SMILES string of the molecule is COc1cccc2[nH]c(C(=O)N3CC4(CCCCC4)C[C@H]3C(=O)N[C@@H](C)C#N)cc12. The lowest BCUT2D eigenvalue weighted by atomic mass is 9.72. The van der Waals surface area contributed by atoms with Gasteiger partial charge < -0.3 is 19.9 Å². The largest absolute Gasteiger partial charge is 0.496 e. The Morgan fingerprint density at radius 3 is 2.80 bits per heavy atom. The third-order valence-corrected chi connectivity index (χ3v) is 6.61. The molecule has 4 rings (SSSR count). The van der Waals surface area contributed by atoms with Crippen molar-refractivity contribution in [1.29, 1.82) is 5.26 Å². The molecule has 0 bridgehead atoms. The fraction of sp³-hybridized carbons (Fsp3) is 0.522. The van der Waals surface area contributed by atoms with Crippen molar-refractivity contribution in [3.8, 4) is 11.8 Å². The van der Waals surface area contributed by atoms with Crippen molar-refractivity contribution < 1.29 is 14.3 Å². The molecule has 2 N–H and O–H groups in total. The molecule has 1 aromatic carbocycles. The first-order chi connectivity index (χ1) is 14.5. The van der Waals surface area contributed by atoms with E-state index in [-0.39, 0.29) is 17.2 Å². The van der Waals surface area contributed by atoms with E-state index in [1.165, 1.54) is 6.42 Å². The standard InChI is InChI=1S/C23H28N4O3/c1-15(13-24)25-21(28)19-12-23(9-4-3-5-10-23)14-27(19)22(29)18-11-16-17(26-18)7-6-8-20(16)30-2/h6-8,11,15,19,26H,3-5,9-10,12,14H2,1-2H3,(H,25,28)/t15-,19-/m0/s1. The third-order valence-electron chi connectivity index (χ3n) is 6.61. The van der Waals surface area contributed by atoms with Crippen molar-refractivity contribution in [3.63, 3.8) is 0 Å². The van der Waals surface area contributed by atoms with Gasteiger partial charge in [-0.05, 0) is 49.8 Å². The van der Waals surface area contributed by atoms with Crippen molar-refractivity contribution in [2.75, 3.05) is 13.7 Å². The minimum Gasteiger partial charge on any atom is -0.496 e. The molecular weight excluding hydrogens is 380 g/mol. The van der Waals surface area contributed by atoms with Gasteiger partial charge in [0, 0.05) is 17.4 Å². The van der Waals surface area contributed by atoms with Crippen LogP contribution in [0, 0.1) is 16.7 Å². The molecule has 158 valence electrons. The van der Waals surface area contributed by atoms with E-state index in [1.807, 2.05) is 24.3 Å². The Kier molecular flexibility index (Phi) is 5.42. The predicted molar refractivity (Wildman–Crippen MR) is 113 cm³/mol. The monoisotopic (exact) mass is 408 g/mol. The van der Waals surface area contributed by atoms with Crippen molar-refractivity contribution >= 4 is 22.7 Å². The van der Waals surface area contributed by atoms with Crippen LogP contribution in [-0.2, 0) is 4.79 Å². The number of ether oxygens (including phenoxy) is 1. The van der Waals surface area contributed by atoms with Crippen LogP contribution in [0.2, 0.25) is 0 Å². The molecule has 7 nitrogen and oxygen atoms in total. The average molecular weight is 409 g/mol. The van der Waals surface area contributed by atoms with Gasteiger partial charge in [0.05, 0.1) is 13.2 Å². The van der Waals surface area contributed by atoms with Gasteiger partial charge in [-0.2, -0.15) is 5.26 Å². The summed E-state index contributed by atoms with van der Waals surface area (Å²) in [4.78, 5) is 31.4. The smallest absolute Gasteiger partial charge is 0.271 e. The number of fused-ring (bicyclic) bond motifs is 1. The number of methoxy groups -OCH3 is 1. The molecular formula is C23H28N4O3. The molecule has 2 amide bonds. The number of hydrogen-bond acceptors (Lipinski definition) is 4. The van der Waals surface area contributed by atoms with Gasteiger partial charge in [0.25, 0.3) is 5.91 Å². The zero-order valence-electron chi connectivity index (χ0n) is 17.5. The van der Waals surface area contributed by atoms with E-state index < -0.39 is 12.1 Å². The van der Waals surface area contributed by atoms with Crippen LogP contribution < -0.4 is 10.1 Å². The molecule has 2 fully saturated rings. The highest BCUT2D eigenvalue weighted by molar-refractivity contribution is 6.01. The highest BCUT2D eigenvalue weighted by Gasteiger charge is 2.49. The second-order valence-corrected chi connectivity index (χ2v) is 8.68. The lowest BCUT2D eigenvalue weighted by Crippen LogP contribution is -2.48. The second kappa shape index (κ2) is 8.02. The Morgan fingerprint density at radius 1 is 1.33 bits per heavy atom. The summed E-state index contributed by atoms with van der Waals surface area (Å²) in [5, 5.41) is 12.7. The normalized spacial score (nSPS) is 21.4. The molecule has 1 aliphatic heterocycles. The highest BCUT2D eigenvalue weighted by atomic mass is 16.5. The van der Waals surface area contributed by atoms with Crippen LogP contribution in [0.4, 0.5) is 0 Å². The number of nitrogens with one attached hydrogen (secondary N) is 2. The summed E-state index contributed by atoms with van der Waals surface area (Å²) in [7, 11) is 1.60. The topological polar surface area (TPSA) is 98.2 Å². The van der Waals surface area contributed by atoms with Gasteiger partial charge in [0.15, 0.2) is 0 Å². The number of likely N-dealkylation sites (tertiary alicyclic amines) is 1. The van der Waals surface area contributed by atoms with Crippen LogP contribution in [0.3, 0.4) is 0 Å². The molecule has 1 aromatic heterocycles. The van der Waals surface area contributed by atoms with E-state index in [0.717, 1.165) is 36.6 Å². The summed E-state index contributed by atoms with van der Waals surface area (Å²) in [6.45, 7) is 2.23. The Hall–Kier alpha value is -3.01. The predicted octanol–water partition coefficient (Wildman–Crippen LogP) is 3.37. The Balaban J connectivity index is 1.65. The van der Waals surface area contributed by atoms with Gasteiger partial charge in [0.1, 0.15) is 23.5 Å². The Labute approximate surface area is 176 Å². The van der Waals surface area contributed by atoms with E-state index in [1.54, 1.807) is 25.0 Å². The maximum atomic E-state index is 13.5. The van der Waals surface area contributed by atoms with Crippen LogP contribution in [-0.4, -0.2) is 47.4 Å². The highest BCUT2D eigenvalue weighted by Crippen LogP contribution is 2.46. The first-order valence-electron chi connectivity index (χ1n) is 10.6. The number of carbonyl (C=O) groups is 2. The van der Waals surface area contributed by atoms with Crippen LogP contribution in [0.25, 0.3) is 10.9 Å². The number of aromatic nitrogens is 1. The van der Waals surface area contributed by atoms with E-state index in [4.69, 9.17) is 10.00 Å². The molecule has 30 heavy (non-hydrogen) atoms. The third kappa shape index (κ3) is 3.62. The minimum absolute atomic E-state index is 0.00446. The average Bonchev–Trinajstić information content (AvgIpc) is 3.35. The molecule has 1 aliphatic carbocycles. The van der Waals surface area contributed by atoms with Gasteiger partial charge in [-0.25, -0.2) is 0 Å². The fourth-order valence-electron chi connectivity index (χ4n) is 5.09. The van der Waals surface area contributed by atoms with Crippen molar-refractivity contribution in [1.82, 2.24) is 15.2 Å². The second-order valence-electron chi connectivity index (χ2n) is 8.68. The number of rotatable bonds is 4. The number of amides is 2. The fourth-order valence-corrected chi connectivity index (χ4v) is 5.09. The molecule has 2 heterocycles. The molecule has 1 saturated heterocycles. The summed E-state index contributed by atoms with van der Waals surface area (Å²) in [6.07, 6.45) is 6.21. The summed E-state index contributed by atoms with van der Waals surface area (Å²) in [5.41, 5.74) is 1.27. The first-order valence-corrected chi connectivity index (χ1v) is 10.6. The van der Waals surface area contributed by atoms with E-state index in [0.29, 0.717) is 24.4 Å². The lowest BCUT2D eigenvalue weighted by Gasteiger charge is -2.32. The summed E-state index contributed by atoms with van der Waals surface area (Å²) in [5.74, 6) is 0.277. The molecule has 2 aromatic rings. The quantitative estimate of drug-likeness (QED) is 0.810. The number of nitrogens with zero attached hydrogens (tertiary/aromatic N) is 2. The number of benzene rings is 1. The van der Waals surface area contributed by atoms with Gasteiger partial charge >= 0.3 is 0 Å². The van der Waals surface area contributed by atoms with Crippen molar-refractivity contribution in [2.24, 2.45) is 5.41 Å². The van der Waals surface area contributed by atoms with Gasteiger partial charge in [-0.1, -0.05) is 25.3 Å². The summed E-state index contributed by atoms with van der Waals surface area (Å²) in [6, 6.07) is 8.33. The van der Waals surface area contributed by atoms with Crippen molar-refractivity contribution in [3.05, 3.63) is 30.0 Å². The molecule has 1 saturated carbocycles. The van der Waals surface area contributed by atoms with Gasteiger partial charge in [0.2, 0.25) is 5.91 Å². The summed E-state index contributed by atoms with van der Waals surface area (Å²) >= 11 is 0. The Bertz CT molecular complexity index is 1000. The Morgan fingerprint density at radius 2 is 2.10 bits per heavy atom. The van der Waals surface area contributed by atoms with Gasteiger partial charge in [-0.15, -0.1) is 0 Å². The number of hydrogen-bond donors (Lipinski definition) is 2. The molecule has 1 spiro atoms. The van der Waals surface area contributed by atoms with E-state index in [2.05, 4.69) is 10.3 Å². The minimum atomic E-state index is -0.588. The first kappa shape index (κ1) is 20.3. The zero-order valence-corrected chi connectivity index (χ0v) is 17.5. The lowest BCUT2D eigenvalue weighted by molar-refractivity contribution is -0.125. The maximum Gasteiger partial charge on any atom is 0.271 e. The number of carbonyl (C=O) groups excluding carboxylic acids is 2. The molecule has 2 aliphatic rings. The number of aromatic amines is 1. The molecule has 0 unspecified atom stereocenters. The number of nitriles is 1. The van der Waals surface area contributed by atoms with Gasteiger partial charge in [-0.3, -0.25) is 9.59 Å². The van der Waals surface area contributed by atoms with Crippen LogP contribution in [0.5, 0.6) is 5.75 Å². The van der Waals surface area contributed by atoms with Crippen LogP contribution in [0.15, 0.2) is 24.3 Å². The maximum absolute atomic E-state index is 13.5.